The fourth-order valence-corrected chi connectivity index (χ4v) is 4.49. The molecule has 1 aliphatic heterocycles. The Kier molecular flexibility index (Phi) is 9.14. The second-order valence-electron chi connectivity index (χ2n) is 7.47. The van der Waals surface area contributed by atoms with Crippen LogP contribution in [0.5, 0.6) is 0 Å². The normalized spacial score (nSPS) is 16.5. The van der Waals surface area contributed by atoms with Crippen molar-refractivity contribution in [2.24, 2.45) is 4.99 Å². The molecule has 1 aromatic heterocycles. The highest BCUT2D eigenvalue weighted by Crippen LogP contribution is 2.29. The fraction of sp³-hybridized carbons (Fsp3) is 0.524. The van der Waals surface area contributed by atoms with Gasteiger partial charge in [0.15, 0.2) is 5.96 Å². The zero-order chi connectivity index (χ0) is 19.1. The average Bonchev–Trinajstić information content (AvgIpc) is 3.08. The number of aromatic nitrogens is 2. The maximum absolute atomic E-state index is 4.89. The number of hydrogen-bond donors (Lipinski definition) is 1. The summed E-state index contributed by atoms with van der Waals surface area (Å²) < 4.78 is 2.50. The zero-order valence-electron chi connectivity index (χ0n) is 17.1. The van der Waals surface area contributed by atoms with Gasteiger partial charge in [0.05, 0.1) is 0 Å². The van der Waals surface area contributed by atoms with Crippen LogP contribution in [0, 0.1) is 0 Å². The Bertz CT molecular complexity index is 744. The van der Waals surface area contributed by atoms with Crippen molar-refractivity contribution < 1.29 is 0 Å². The molecular formula is C21H32IN5S. The van der Waals surface area contributed by atoms with E-state index >= 15 is 0 Å². The summed E-state index contributed by atoms with van der Waals surface area (Å²) in [6.07, 6.45) is 4.79. The molecule has 1 saturated heterocycles. The van der Waals surface area contributed by atoms with E-state index < -0.39 is 0 Å². The molecule has 0 aliphatic carbocycles. The maximum Gasteiger partial charge on any atom is 0.194 e. The minimum Gasteiger partial charge on any atom is -0.357 e. The summed E-state index contributed by atoms with van der Waals surface area (Å²) in [4.78, 5) is 11.8. The van der Waals surface area contributed by atoms with E-state index in [9.17, 15) is 0 Å². The minimum atomic E-state index is 0. The maximum atomic E-state index is 4.89. The van der Waals surface area contributed by atoms with Crippen molar-refractivity contribution >= 4 is 41.7 Å². The summed E-state index contributed by atoms with van der Waals surface area (Å²) in [6, 6.07) is 10.5. The van der Waals surface area contributed by atoms with E-state index in [-0.39, 0.29) is 28.7 Å². The standard InChI is InChI=1S/C21H31N5S.HI/c1-4-22-20(26-14-15-27-21(2,3)17-26)24-11-10-19-23-12-13-25(19)16-18-8-6-5-7-9-18;/h5-9,12-13H,4,10-11,14-17H2,1-3H3,(H,22,24);1H. The lowest BCUT2D eigenvalue weighted by Gasteiger charge is -2.39. The number of imidazole rings is 1. The average molecular weight is 513 g/mol. The molecule has 0 bridgehead atoms. The Balaban J connectivity index is 0.00000280. The predicted octanol–water partition coefficient (Wildman–Crippen LogP) is 3.88. The minimum absolute atomic E-state index is 0. The topological polar surface area (TPSA) is 45.5 Å². The van der Waals surface area contributed by atoms with Crippen LogP contribution in [-0.2, 0) is 13.0 Å². The first-order valence-electron chi connectivity index (χ1n) is 9.78. The van der Waals surface area contributed by atoms with Crippen LogP contribution in [-0.4, -0.2) is 57.1 Å². The molecule has 1 N–H and O–H groups in total. The van der Waals surface area contributed by atoms with Gasteiger partial charge in [-0.3, -0.25) is 4.99 Å². The molecule has 1 fully saturated rings. The number of rotatable bonds is 6. The van der Waals surface area contributed by atoms with E-state index in [1.54, 1.807) is 0 Å². The van der Waals surface area contributed by atoms with Gasteiger partial charge in [0.2, 0.25) is 0 Å². The molecule has 0 amide bonds. The van der Waals surface area contributed by atoms with Crippen molar-refractivity contribution in [3.05, 3.63) is 54.1 Å². The van der Waals surface area contributed by atoms with Gasteiger partial charge in [0.25, 0.3) is 0 Å². The van der Waals surface area contributed by atoms with Crippen molar-refractivity contribution in [3.63, 3.8) is 0 Å². The van der Waals surface area contributed by atoms with Gasteiger partial charge >= 0.3 is 0 Å². The molecule has 1 aromatic carbocycles. The number of guanidine groups is 1. The van der Waals surface area contributed by atoms with Gasteiger partial charge in [-0.15, -0.1) is 24.0 Å². The number of hydrogen-bond acceptors (Lipinski definition) is 3. The number of benzene rings is 1. The van der Waals surface area contributed by atoms with E-state index in [2.05, 4.69) is 77.1 Å². The second-order valence-corrected chi connectivity index (χ2v) is 9.27. The van der Waals surface area contributed by atoms with E-state index in [1.807, 2.05) is 18.0 Å². The van der Waals surface area contributed by atoms with Gasteiger partial charge in [-0.25, -0.2) is 4.98 Å². The van der Waals surface area contributed by atoms with Crippen molar-refractivity contribution in [1.29, 1.82) is 0 Å². The summed E-state index contributed by atoms with van der Waals surface area (Å²) in [5, 5.41) is 3.46. The molecule has 5 nitrogen and oxygen atoms in total. The Morgan fingerprint density at radius 3 is 2.79 bits per heavy atom. The van der Waals surface area contributed by atoms with Crippen LogP contribution in [0.25, 0.3) is 0 Å². The van der Waals surface area contributed by atoms with Crippen LogP contribution < -0.4 is 5.32 Å². The molecule has 2 heterocycles. The number of thioether (sulfide) groups is 1. The summed E-state index contributed by atoms with van der Waals surface area (Å²) in [5.41, 5.74) is 1.29. The lowest BCUT2D eigenvalue weighted by Crippen LogP contribution is -2.51. The molecular weight excluding hydrogens is 481 g/mol. The zero-order valence-corrected chi connectivity index (χ0v) is 20.2. The van der Waals surface area contributed by atoms with E-state index in [0.29, 0.717) is 0 Å². The third kappa shape index (κ3) is 6.69. The van der Waals surface area contributed by atoms with Crippen LogP contribution in [0.3, 0.4) is 0 Å². The molecule has 1 aliphatic rings. The van der Waals surface area contributed by atoms with E-state index in [1.165, 1.54) is 5.56 Å². The third-order valence-electron chi connectivity index (χ3n) is 4.65. The molecule has 0 saturated carbocycles. The number of nitrogens with zero attached hydrogens (tertiary/aromatic N) is 4. The Morgan fingerprint density at radius 1 is 1.29 bits per heavy atom. The summed E-state index contributed by atoms with van der Waals surface area (Å²) >= 11 is 2.05. The first kappa shape index (κ1) is 23.1. The number of halogens is 1. The summed E-state index contributed by atoms with van der Waals surface area (Å²) in [7, 11) is 0. The Hall–Kier alpha value is -1.22. The van der Waals surface area contributed by atoms with Gasteiger partial charge in [0.1, 0.15) is 5.82 Å². The van der Waals surface area contributed by atoms with Crippen molar-refractivity contribution in [3.8, 4) is 0 Å². The Labute approximate surface area is 190 Å². The molecule has 0 atom stereocenters. The van der Waals surface area contributed by atoms with Crippen LogP contribution in [0.2, 0.25) is 0 Å². The SMILES string of the molecule is CCNC(=NCCc1nccn1Cc1ccccc1)N1CCSC(C)(C)C1.I. The lowest BCUT2D eigenvalue weighted by atomic mass is 10.2. The smallest absolute Gasteiger partial charge is 0.194 e. The molecule has 154 valence electrons. The lowest BCUT2D eigenvalue weighted by molar-refractivity contribution is 0.376. The second kappa shape index (κ2) is 11.1. The van der Waals surface area contributed by atoms with Gasteiger partial charge in [-0.05, 0) is 26.3 Å². The Morgan fingerprint density at radius 2 is 2.07 bits per heavy atom. The highest BCUT2D eigenvalue weighted by atomic mass is 127. The first-order valence-corrected chi connectivity index (χ1v) is 10.8. The predicted molar refractivity (Wildman–Crippen MR) is 131 cm³/mol. The van der Waals surface area contributed by atoms with E-state index in [4.69, 9.17) is 4.99 Å². The number of nitrogens with one attached hydrogen (secondary N) is 1. The highest BCUT2D eigenvalue weighted by molar-refractivity contribution is 14.0. The molecule has 0 spiro atoms. The summed E-state index contributed by atoms with van der Waals surface area (Å²) in [6.45, 7) is 11.4. The molecule has 0 unspecified atom stereocenters. The van der Waals surface area contributed by atoms with Gasteiger partial charge in [-0.2, -0.15) is 11.8 Å². The molecule has 3 rings (SSSR count). The first-order chi connectivity index (χ1) is 13.1. The van der Waals surface area contributed by atoms with Crippen LogP contribution in [0.1, 0.15) is 32.2 Å². The van der Waals surface area contributed by atoms with Crippen LogP contribution in [0.15, 0.2) is 47.7 Å². The van der Waals surface area contributed by atoms with Crippen molar-refractivity contribution in [2.45, 2.75) is 38.5 Å². The molecule has 28 heavy (non-hydrogen) atoms. The van der Waals surface area contributed by atoms with Gasteiger partial charge in [0, 0.05) is 62.0 Å². The molecule has 0 radical (unpaired) electrons. The highest BCUT2D eigenvalue weighted by Gasteiger charge is 2.28. The largest absolute Gasteiger partial charge is 0.357 e. The van der Waals surface area contributed by atoms with E-state index in [0.717, 1.165) is 56.7 Å². The fourth-order valence-electron chi connectivity index (χ4n) is 3.38. The third-order valence-corrected chi connectivity index (χ3v) is 5.95. The van der Waals surface area contributed by atoms with Crippen LogP contribution >= 0.6 is 35.7 Å². The molecule has 2 aromatic rings. The summed E-state index contributed by atoms with van der Waals surface area (Å²) in [5.74, 6) is 3.28. The van der Waals surface area contributed by atoms with Gasteiger partial charge in [-0.1, -0.05) is 30.3 Å². The monoisotopic (exact) mass is 513 g/mol. The number of aliphatic imine (C=N–C) groups is 1. The quantitative estimate of drug-likeness (QED) is 0.362. The van der Waals surface area contributed by atoms with Crippen LogP contribution in [0.4, 0.5) is 0 Å². The van der Waals surface area contributed by atoms with Crippen molar-refractivity contribution in [2.75, 3.05) is 31.9 Å². The molecule has 7 heteroatoms. The van der Waals surface area contributed by atoms with Gasteiger partial charge < -0.3 is 14.8 Å². The van der Waals surface area contributed by atoms with Crippen molar-refractivity contribution in [1.82, 2.24) is 19.8 Å².